The number of carbonyl (C=O) groups excluding carboxylic acids is 1. The summed E-state index contributed by atoms with van der Waals surface area (Å²) in [5.74, 6) is 0.972. The normalized spacial score (nSPS) is 15.2. The predicted octanol–water partition coefficient (Wildman–Crippen LogP) is 3.57. The number of para-hydroxylation sites is 1. The Morgan fingerprint density at radius 2 is 2.15 bits per heavy atom. The van der Waals surface area contributed by atoms with Gasteiger partial charge in [-0.05, 0) is 36.6 Å². The number of ether oxygens (including phenoxy) is 1. The maximum atomic E-state index is 12.2. The van der Waals surface area contributed by atoms with Gasteiger partial charge in [-0.3, -0.25) is 9.78 Å². The number of benzene rings is 1. The molecule has 0 saturated heterocycles. The van der Waals surface area contributed by atoms with Crippen LogP contribution in [0.25, 0.3) is 11.1 Å². The van der Waals surface area contributed by atoms with Crippen molar-refractivity contribution in [1.29, 1.82) is 0 Å². The summed E-state index contributed by atoms with van der Waals surface area (Å²) in [5.41, 5.74) is 6.19. The van der Waals surface area contributed by atoms with Crippen molar-refractivity contribution in [1.82, 2.24) is 15.3 Å². The third kappa shape index (κ3) is 4.01. The first-order valence-corrected chi connectivity index (χ1v) is 9.93. The van der Waals surface area contributed by atoms with Crippen LogP contribution in [0.3, 0.4) is 0 Å². The van der Waals surface area contributed by atoms with Gasteiger partial charge in [0.25, 0.3) is 0 Å². The second-order valence-corrected chi connectivity index (χ2v) is 7.58. The number of hydrogen-bond acceptors (Lipinski definition) is 5. The van der Waals surface area contributed by atoms with Gasteiger partial charge in [0.2, 0.25) is 5.91 Å². The van der Waals surface area contributed by atoms with E-state index < -0.39 is 0 Å². The minimum Gasteiger partial charge on any atom is -0.487 e. The van der Waals surface area contributed by atoms with Crippen molar-refractivity contribution in [2.45, 2.75) is 32.3 Å². The number of nitrogens with zero attached hydrogens (tertiary/aromatic N) is 2. The Morgan fingerprint density at radius 3 is 2.93 bits per heavy atom. The second-order valence-electron chi connectivity index (χ2n) is 6.64. The Bertz CT molecular complexity index is 940. The average Bonchev–Trinajstić information content (AvgIpc) is 3.30. The van der Waals surface area contributed by atoms with Crippen LogP contribution in [0.4, 0.5) is 0 Å². The number of pyridine rings is 1. The molecule has 0 aliphatic carbocycles. The average molecular weight is 379 g/mol. The highest BCUT2D eigenvalue weighted by Gasteiger charge is 2.26. The topological polar surface area (TPSA) is 64.1 Å². The highest BCUT2D eigenvalue weighted by molar-refractivity contribution is 7.09. The predicted molar refractivity (Wildman–Crippen MR) is 106 cm³/mol. The molecule has 4 rings (SSSR count). The number of nitrogens with one attached hydrogen (secondary N) is 1. The Labute approximate surface area is 162 Å². The first-order valence-electron chi connectivity index (χ1n) is 9.05. The van der Waals surface area contributed by atoms with Crippen LogP contribution in [0.5, 0.6) is 5.75 Å². The van der Waals surface area contributed by atoms with Gasteiger partial charge in [-0.15, -0.1) is 11.3 Å². The van der Waals surface area contributed by atoms with Gasteiger partial charge in [0.05, 0.1) is 17.7 Å². The first kappa shape index (κ1) is 17.7. The zero-order chi connectivity index (χ0) is 18.6. The van der Waals surface area contributed by atoms with Gasteiger partial charge in [0.1, 0.15) is 11.9 Å². The van der Waals surface area contributed by atoms with Gasteiger partial charge in [-0.25, -0.2) is 4.98 Å². The van der Waals surface area contributed by atoms with Gasteiger partial charge in [-0.2, -0.15) is 0 Å². The number of fused-ring (bicyclic) bond motifs is 1. The minimum atomic E-state index is -0.0305. The highest BCUT2D eigenvalue weighted by Crippen LogP contribution is 2.38. The van der Waals surface area contributed by atoms with E-state index in [9.17, 15) is 4.79 Å². The van der Waals surface area contributed by atoms with E-state index in [1.165, 1.54) is 10.4 Å². The molecule has 1 aliphatic rings. The Hall–Kier alpha value is -2.73. The number of aromatic nitrogens is 2. The third-order valence-electron chi connectivity index (χ3n) is 4.77. The van der Waals surface area contributed by atoms with Crippen LogP contribution in [0.15, 0.2) is 48.2 Å². The van der Waals surface area contributed by atoms with Crippen molar-refractivity contribution < 1.29 is 9.53 Å². The summed E-state index contributed by atoms with van der Waals surface area (Å²) in [6, 6.07) is 10.2. The summed E-state index contributed by atoms with van der Waals surface area (Å²) in [6.07, 6.45) is 5.56. The number of rotatable bonds is 6. The Morgan fingerprint density at radius 1 is 1.30 bits per heavy atom. The summed E-state index contributed by atoms with van der Waals surface area (Å²) in [4.78, 5) is 21.7. The van der Waals surface area contributed by atoms with Crippen LogP contribution in [-0.2, 0) is 17.6 Å². The molecule has 3 heterocycles. The molecule has 1 aromatic carbocycles. The fourth-order valence-corrected chi connectivity index (χ4v) is 4.10. The monoisotopic (exact) mass is 379 g/mol. The molecular weight excluding hydrogens is 358 g/mol. The number of amides is 1. The number of hydrogen-bond donors (Lipinski definition) is 1. The number of aryl methyl sites for hydroxylation is 2. The largest absolute Gasteiger partial charge is 0.487 e. The van der Waals surface area contributed by atoms with Crippen molar-refractivity contribution in [3.63, 3.8) is 0 Å². The van der Waals surface area contributed by atoms with E-state index in [4.69, 9.17) is 4.74 Å². The zero-order valence-electron chi connectivity index (χ0n) is 15.1. The molecule has 1 unspecified atom stereocenters. The quantitative estimate of drug-likeness (QED) is 0.711. The molecule has 27 heavy (non-hydrogen) atoms. The van der Waals surface area contributed by atoms with Crippen LogP contribution >= 0.6 is 11.3 Å². The molecule has 3 aromatic rings. The van der Waals surface area contributed by atoms with E-state index in [0.717, 1.165) is 35.4 Å². The lowest BCUT2D eigenvalue weighted by Gasteiger charge is -2.13. The molecule has 0 spiro atoms. The maximum Gasteiger partial charge on any atom is 0.220 e. The van der Waals surface area contributed by atoms with E-state index in [1.807, 2.05) is 24.6 Å². The molecule has 1 amide bonds. The van der Waals surface area contributed by atoms with Crippen LogP contribution in [0.1, 0.15) is 22.6 Å². The fraction of sp³-hybridized carbons (Fsp3) is 0.286. The molecular formula is C21H21N3O2S. The van der Waals surface area contributed by atoms with Gasteiger partial charge in [-0.1, -0.05) is 18.2 Å². The highest BCUT2D eigenvalue weighted by atomic mass is 32.1. The third-order valence-corrected chi connectivity index (χ3v) is 5.77. The van der Waals surface area contributed by atoms with Crippen LogP contribution in [0.2, 0.25) is 0 Å². The van der Waals surface area contributed by atoms with Crippen molar-refractivity contribution in [3.8, 4) is 16.9 Å². The fourth-order valence-electron chi connectivity index (χ4n) is 3.32. The van der Waals surface area contributed by atoms with Crippen molar-refractivity contribution in [2.24, 2.45) is 0 Å². The van der Waals surface area contributed by atoms with Crippen molar-refractivity contribution >= 4 is 17.2 Å². The number of thiazole rings is 1. The summed E-state index contributed by atoms with van der Waals surface area (Å²) in [7, 11) is 0. The van der Waals surface area contributed by atoms with Crippen LogP contribution in [-0.4, -0.2) is 28.5 Å². The molecule has 0 fully saturated rings. The van der Waals surface area contributed by atoms with E-state index in [2.05, 4.69) is 33.5 Å². The second kappa shape index (κ2) is 7.88. The maximum absolute atomic E-state index is 12.2. The molecule has 2 aromatic heterocycles. The van der Waals surface area contributed by atoms with Gasteiger partial charge in [0.15, 0.2) is 0 Å². The van der Waals surface area contributed by atoms with E-state index >= 15 is 0 Å². The van der Waals surface area contributed by atoms with Gasteiger partial charge < -0.3 is 10.1 Å². The molecule has 5 nitrogen and oxygen atoms in total. The summed E-state index contributed by atoms with van der Waals surface area (Å²) in [5, 5.41) is 3.01. The lowest BCUT2D eigenvalue weighted by atomic mass is 10.0. The van der Waals surface area contributed by atoms with Crippen molar-refractivity contribution in [2.75, 3.05) is 6.54 Å². The van der Waals surface area contributed by atoms with E-state index in [0.29, 0.717) is 13.0 Å². The Kier molecular flexibility index (Phi) is 5.16. The van der Waals surface area contributed by atoms with Gasteiger partial charge >= 0.3 is 0 Å². The zero-order valence-corrected chi connectivity index (χ0v) is 16.0. The Balaban J connectivity index is 1.34. The molecule has 0 bridgehead atoms. The molecule has 6 heteroatoms. The summed E-state index contributed by atoms with van der Waals surface area (Å²) < 4.78 is 6.17. The smallest absolute Gasteiger partial charge is 0.220 e. The SMILES string of the molecule is Cc1ncsc1CCC(=O)NCC1Cc2cccc(-c3ccncc3)c2O1. The molecule has 0 radical (unpaired) electrons. The standard InChI is InChI=1S/C21H21N3O2S/c1-14-19(27-13-24-14)5-6-20(25)23-12-17-11-16-3-2-4-18(21(16)26-17)15-7-9-22-10-8-15/h2-4,7-10,13,17H,5-6,11-12H2,1H3,(H,23,25). The lowest BCUT2D eigenvalue weighted by molar-refractivity contribution is -0.121. The molecule has 1 N–H and O–H groups in total. The van der Waals surface area contributed by atoms with Gasteiger partial charge in [0, 0.05) is 35.7 Å². The number of carbonyl (C=O) groups is 1. The van der Waals surface area contributed by atoms with Crippen molar-refractivity contribution in [3.05, 3.63) is 64.4 Å². The molecule has 1 aliphatic heterocycles. The molecule has 138 valence electrons. The molecule has 0 saturated carbocycles. The van der Waals surface area contributed by atoms with Crippen LogP contribution < -0.4 is 10.1 Å². The van der Waals surface area contributed by atoms with E-state index in [-0.39, 0.29) is 12.0 Å². The van der Waals surface area contributed by atoms with Crippen LogP contribution in [0, 0.1) is 6.92 Å². The summed E-state index contributed by atoms with van der Waals surface area (Å²) in [6.45, 7) is 2.50. The minimum absolute atomic E-state index is 0.0305. The molecule has 1 atom stereocenters. The van der Waals surface area contributed by atoms with E-state index in [1.54, 1.807) is 23.7 Å². The summed E-state index contributed by atoms with van der Waals surface area (Å²) >= 11 is 1.61. The lowest BCUT2D eigenvalue weighted by Crippen LogP contribution is -2.34. The first-order chi connectivity index (χ1) is 13.2.